The van der Waals surface area contributed by atoms with Gasteiger partial charge in [-0.15, -0.1) is 0 Å². The Kier molecular flexibility index (Phi) is 4.09. The minimum absolute atomic E-state index is 0.0150. The zero-order valence-corrected chi connectivity index (χ0v) is 14.0. The number of rotatable bonds is 4. The van der Waals surface area contributed by atoms with Crippen LogP contribution in [0.3, 0.4) is 0 Å². The van der Waals surface area contributed by atoms with E-state index in [1.807, 2.05) is 6.07 Å². The number of amides is 1. The summed E-state index contributed by atoms with van der Waals surface area (Å²) in [4.78, 5) is 42.7. The van der Waals surface area contributed by atoms with Crippen LogP contribution in [0.5, 0.6) is 0 Å². The lowest BCUT2D eigenvalue weighted by Crippen LogP contribution is -2.53. The Balaban J connectivity index is 1.63. The van der Waals surface area contributed by atoms with Gasteiger partial charge in [-0.05, 0) is 18.2 Å². The number of piperazine rings is 1. The molecule has 0 spiro atoms. The van der Waals surface area contributed by atoms with E-state index < -0.39 is 17.3 Å². The molecule has 0 unspecified atom stereocenters. The number of carboxylic acids is 1. The summed E-state index contributed by atoms with van der Waals surface area (Å²) in [5, 5.41) is 14.3. The zero-order valence-electron chi connectivity index (χ0n) is 14.0. The number of pyridine rings is 1. The Morgan fingerprint density at radius 1 is 1.41 bits per heavy atom. The molecule has 0 atom stereocenters. The van der Waals surface area contributed by atoms with Crippen LogP contribution in [-0.4, -0.2) is 57.4 Å². The fourth-order valence-electron chi connectivity index (χ4n) is 2.92. The predicted octanol–water partition coefficient (Wildman–Crippen LogP) is -0.264. The van der Waals surface area contributed by atoms with Gasteiger partial charge in [-0.2, -0.15) is 0 Å². The molecule has 2 aromatic heterocycles. The molecule has 1 saturated heterocycles. The molecule has 0 radical (unpaired) electrons. The van der Waals surface area contributed by atoms with E-state index in [1.165, 1.54) is 11.1 Å². The number of aromatic amines is 1. The first-order chi connectivity index (χ1) is 13.0. The first-order valence-corrected chi connectivity index (χ1v) is 8.15. The van der Waals surface area contributed by atoms with E-state index in [9.17, 15) is 19.5 Å². The normalized spacial score (nSPS) is 19.5. The number of allylic oxidation sites excluding steroid dienone is 1. The van der Waals surface area contributed by atoms with Gasteiger partial charge in [0.2, 0.25) is 17.6 Å². The van der Waals surface area contributed by atoms with Crippen LogP contribution in [-0.2, 0) is 19.1 Å². The van der Waals surface area contributed by atoms with Gasteiger partial charge in [0.1, 0.15) is 5.65 Å². The van der Waals surface area contributed by atoms with Crippen molar-refractivity contribution in [1.29, 1.82) is 0 Å². The Morgan fingerprint density at radius 3 is 3.04 bits per heavy atom. The smallest absolute Gasteiger partial charge is 0.345 e. The van der Waals surface area contributed by atoms with Crippen molar-refractivity contribution in [3.63, 3.8) is 0 Å². The van der Waals surface area contributed by atoms with Gasteiger partial charge in [-0.1, -0.05) is 0 Å². The highest BCUT2D eigenvalue weighted by atomic mass is 16.5. The Morgan fingerprint density at radius 2 is 2.26 bits per heavy atom. The van der Waals surface area contributed by atoms with Gasteiger partial charge >= 0.3 is 5.97 Å². The number of carbonyl (C=O) groups is 3. The summed E-state index contributed by atoms with van der Waals surface area (Å²) in [6.45, 7) is 0.856. The maximum absolute atomic E-state index is 12.5. The van der Waals surface area contributed by atoms with Crippen LogP contribution in [0, 0.1) is 0 Å². The quantitative estimate of drug-likeness (QED) is 0.427. The lowest BCUT2D eigenvalue weighted by molar-refractivity contribution is -0.134. The molecule has 2 aliphatic rings. The van der Waals surface area contributed by atoms with Crippen LogP contribution in [0.2, 0.25) is 0 Å². The van der Waals surface area contributed by atoms with Crippen molar-refractivity contribution < 1.29 is 24.2 Å². The van der Waals surface area contributed by atoms with Gasteiger partial charge in [-0.25, -0.2) is 14.8 Å². The molecule has 2 aliphatic heterocycles. The number of aromatic nitrogens is 2. The second kappa shape index (κ2) is 6.57. The maximum Gasteiger partial charge on any atom is 0.345 e. The zero-order chi connectivity index (χ0) is 19.0. The summed E-state index contributed by atoms with van der Waals surface area (Å²) in [5.74, 6) is -2.69. The first-order valence-electron chi connectivity index (χ1n) is 8.15. The molecule has 10 heteroatoms. The molecule has 4 rings (SSSR count). The third-order valence-corrected chi connectivity index (χ3v) is 4.17. The Hall–Kier alpha value is -3.66. The molecular formula is C17H15N5O5. The van der Waals surface area contributed by atoms with Gasteiger partial charge in [0.05, 0.1) is 6.54 Å². The molecule has 138 valence electrons. The highest BCUT2D eigenvalue weighted by Gasteiger charge is 2.37. The SMILES string of the molecule is O=C1CN(NC2=C(C(=O)O)C(=O)C(=Cc3c[nH]c4ncccc34)O2)CCN1. The molecule has 0 bridgehead atoms. The van der Waals surface area contributed by atoms with E-state index in [1.54, 1.807) is 18.5 Å². The molecule has 0 saturated carbocycles. The standard InChI is InChI=1S/C17H15N5O5/c23-12-8-22(5-4-18-12)21-16-13(17(25)26)14(24)11(27-16)6-9-7-20-15-10(9)2-1-3-19-15/h1-3,6-7,21H,4-5,8H2,(H,18,23)(H,19,20)(H,25,26). The van der Waals surface area contributed by atoms with E-state index in [-0.39, 0.29) is 24.1 Å². The number of nitrogens with one attached hydrogen (secondary N) is 3. The molecule has 0 aromatic carbocycles. The van der Waals surface area contributed by atoms with Crippen LogP contribution in [0.15, 0.2) is 41.7 Å². The number of fused-ring (bicyclic) bond motifs is 1. The Bertz CT molecular complexity index is 1020. The maximum atomic E-state index is 12.5. The molecule has 27 heavy (non-hydrogen) atoms. The fraction of sp³-hybridized carbons (Fsp3) is 0.176. The number of carbonyl (C=O) groups excluding carboxylic acids is 2. The molecule has 1 fully saturated rings. The molecular weight excluding hydrogens is 354 g/mol. The second-order valence-electron chi connectivity index (χ2n) is 5.98. The highest BCUT2D eigenvalue weighted by molar-refractivity contribution is 6.26. The Labute approximate surface area is 152 Å². The summed E-state index contributed by atoms with van der Waals surface area (Å²) in [5.41, 5.74) is 3.50. The number of ketones is 1. The molecule has 2 aromatic rings. The van der Waals surface area contributed by atoms with Gasteiger partial charge in [0, 0.05) is 36.4 Å². The summed E-state index contributed by atoms with van der Waals surface area (Å²) in [6, 6.07) is 3.58. The van der Waals surface area contributed by atoms with Crippen molar-refractivity contribution in [2.45, 2.75) is 0 Å². The van der Waals surface area contributed by atoms with E-state index >= 15 is 0 Å². The number of carboxylic acid groups (broad SMARTS) is 1. The summed E-state index contributed by atoms with van der Waals surface area (Å²) >= 11 is 0. The van der Waals surface area contributed by atoms with Crippen molar-refractivity contribution in [2.24, 2.45) is 0 Å². The fourth-order valence-corrected chi connectivity index (χ4v) is 2.92. The topological polar surface area (TPSA) is 137 Å². The molecule has 4 heterocycles. The number of Topliss-reactive ketones (excluding diaryl/α,β-unsaturated/α-hetero) is 1. The van der Waals surface area contributed by atoms with Crippen molar-refractivity contribution in [1.82, 2.24) is 25.7 Å². The van der Waals surface area contributed by atoms with Gasteiger partial charge in [0.15, 0.2) is 11.3 Å². The average Bonchev–Trinajstić information content (AvgIpc) is 3.17. The van der Waals surface area contributed by atoms with Crippen molar-refractivity contribution in [3.05, 3.63) is 47.3 Å². The minimum Gasteiger partial charge on any atom is -0.477 e. The van der Waals surface area contributed by atoms with Gasteiger partial charge in [-0.3, -0.25) is 15.0 Å². The largest absolute Gasteiger partial charge is 0.477 e. The predicted molar refractivity (Wildman–Crippen MR) is 92.5 cm³/mol. The highest BCUT2D eigenvalue weighted by Crippen LogP contribution is 2.27. The van der Waals surface area contributed by atoms with Crippen LogP contribution < -0.4 is 10.7 Å². The van der Waals surface area contributed by atoms with Crippen LogP contribution in [0.25, 0.3) is 17.1 Å². The number of nitrogens with zero attached hydrogens (tertiary/aromatic N) is 2. The number of H-pyrrole nitrogens is 1. The second-order valence-corrected chi connectivity index (χ2v) is 5.98. The van der Waals surface area contributed by atoms with Crippen LogP contribution in [0.1, 0.15) is 5.56 Å². The number of hydrogen-bond donors (Lipinski definition) is 4. The number of ether oxygens (including phenoxy) is 1. The lowest BCUT2D eigenvalue weighted by Gasteiger charge is -2.27. The molecule has 0 aliphatic carbocycles. The van der Waals surface area contributed by atoms with E-state index in [2.05, 4.69) is 20.7 Å². The number of hydrogen-bond acceptors (Lipinski definition) is 7. The average molecular weight is 369 g/mol. The summed E-state index contributed by atoms with van der Waals surface area (Å²) in [6.07, 6.45) is 4.75. The monoisotopic (exact) mass is 369 g/mol. The van der Waals surface area contributed by atoms with E-state index in [0.29, 0.717) is 24.3 Å². The van der Waals surface area contributed by atoms with Crippen LogP contribution >= 0.6 is 0 Å². The number of hydrazine groups is 1. The van der Waals surface area contributed by atoms with E-state index in [4.69, 9.17) is 4.74 Å². The number of aliphatic carboxylic acids is 1. The van der Waals surface area contributed by atoms with Crippen molar-refractivity contribution >= 4 is 34.8 Å². The molecule has 10 nitrogen and oxygen atoms in total. The summed E-state index contributed by atoms with van der Waals surface area (Å²) in [7, 11) is 0. The third-order valence-electron chi connectivity index (χ3n) is 4.17. The lowest BCUT2D eigenvalue weighted by atomic mass is 10.1. The van der Waals surface area contributed by atoms with Gasteiger partial charge < -0.3 is 20.1 Å². The minimum atomic E-state index is -1.41. The first kappa shape index (κ1) is 16.8. The third kappa shape index (κ3) is 3.13. The summed E-state index contributed by atoms with van der Waals surface area (Å²) < 4.78 is 5.50. The molecule has 1 amide bonds. The van der Waals surface area contributed by atoms with Crippen molar-refractivity contribution in [2.75, 3.05) is 19.6 Å². The van der Waals surface area contributed by atoms with E-state index in [0.717, 1.165) is 5.39 Å². The van der Waals surface area contributed by atoms with Gasteiger partial charge in [0.25, 0.3) is 0 Å². The molecule has 4 N–H and O–H groups in total. The van der Waals surface area contributed by atoms with Crippen LogP contribution in [0.4, 0.5) is 0 Å². The van der Waals surface area contributed by atoms with Crippen molar-refractivity contribution in [3.8, 4) is 0 Å².